The molecule has 0 heterocycles. The fraction of sp³-hybridized carbons (Fsp3) is 0.136. The lowest BCUT2D eigenvalue weighted by Crippen LogP contribution is -2.13. The molecule has 120 valence electrons. The zero-order chi connectivity index (χ0) is 17.2. The third-order valence-corrected chi connectivity index (χ3v) is 7.97. The molecular formula is C22H21OP. The normalized spacial score (nSPS) is 13.5. The highest BCUT2D eigenvalue weighted by atomic mass is 31.2. The van der Waals surface area contributed by atoms with Crippen LogP contribution in [-0.2, 0) is 4.57 Å². The van der Waals surface area contributed by atoms with Gasteiger partial charge in [-0.05, 0) is 22.4 Å². The van der Waals surface area contributed by atoms with Crippen molar-refractivity contribution in [1.82, 2.24) is 0 Å². The summed E-state index contributed by atoms with van der Waals surface area (Å²) in [6, 6.07) is 24.1. The van der Waals surface area contributed by atoms with Crippen LogP contribution in [0.3, 0.4) is 0 Å². The highest BCUT2D eigenvalue weighted by Gasteiger charge is 2.34. The third-order valence-electron chi connectivity index (χ3n) is 4.39. The Balaban J connectivity index is 2.24. The van der Waals surface area contributed by atoms with Gasteiger partial charge in [0.05, 0.1) is 5.31 Å². The number of hydrogen-bond acceptors (Lipinski definition) is 1. The Morgan fingerprint density at radius 1 is 0.917 bits per heavy atom. The summed E-state index contributed by atoms with van der Waals surface area (Å²) >= 11 is 0. The van der Waals surface area contributed by atoms with Crippen LogP contribution >= 0.6 is 7.14 Å². The van der Waals surface area contributed by atoms with E-state index in [1.54, 1.807) is 0 Å². The summed E-state index contributed by atoms with van der Waals surface area (Å²) < 4.78 is 14.2. The maximum atomic E-state index is 14.2. The summed E-state index contributed by atoms with van der Waals surface area (Å²) in [6.07, 6.45) is 0. The molecule has 24 heavy (non-hydrogen) atoms. The molecule has 0 aliphatic heterocycles. The first kappa shape index (κ1) is 16.5. The van der Waals surface area contributed by atoms with Crippen LogP contribution < -0.4 is 5.30 Å². The molecule has 1 atom stereocenters. The van der Waals surface area contributed by atoms with Crippen molar-refractivity contribution in [2.45, 2.75) is 19.5 Å². The number of hydrogen-bond donors (Lipinski definition) is 0. The van der Waals surface area contributed by atoms with Gasteiger partial charge in [-0.3, -0.25) is 0 Å². The molecule has 0 amide bonds. The molecule has 1 nitrogen and oxygen atoms in total. The van der Waals surface area contributed by atoms with Crippen molar-refractivity contribution in [3.63, 3.8) is 0 Å². The van der Waals surface area contributed by atoms with E-state index < -0.39 is 7.14 Å². The van der Waals surface area contributed by atoms with Crippen LogP contribution in [0.2, 0.25) is 0 Å². The van der Waals surface area contributed by atoms with Crippen LogP contribution in [0.25, 0.3) is 16.1 Å². The molecule has 3 aromatic carbocycles. The fourth-order valence-corrected chi connectivity index (χ4v) is 5.84. The Hall–Kier alpha value is -2.33. The summed E-state index contributed by atoms with van der Waals surface area (Å²) in [5.41, 5.74) is 3.89. The molecule has 0 bridgehead atoms. The Morgan fingerprint density at radius 2 is 1.54 bits per heavy atom. The molecule has 2 heteroatoms. The first-order valence-corrected chi connectivity index (χ1v) is 9.90. The zero-order valence-electron chi connectivity index (χ0n) is 14.1. The molecule has 0 fully saturated rings. The van der Waals surface area contributed by atoms with Crippen molar-refractivity contribution in [2.24, 2.45) is 0 Å². The van der Waals surface area contributed by atoms with Gasteiger partial charge in [0.2, 0.25) is 0 Å². The Bertz CT molecular complexity index is 963. The lowest BCUT2D eigenvalue weighted by molar-refractivity contribution is 0.582. The van der Waals surface area contributed by atoms with Gasteiger partial charge in [0.25, 0.3) is 0 Å². The van der Waals surface area contributed by atoms with Crippen LogP contribution in [0.5, 0.6) is 0 Å². The van der Waals surface area contributed by atoms with Crippen molar-refractivity contribution < 1.29 is 4.57 Å². The maximum absolute atomic E-state index is 14.2. The van der Waals surface area contributed by atoms with Crippen molar-refractivity contribution in [3.05, 3.63) is 90.7 Å². The average Bonchev–Trinajstić information content (AvgIpc) is 2.62. The number of fused-ring (bicyclic) bond motifs is 1. The van der Waals surface area contributed by atoms with Crippen LogP contribution in [-0.4, -0.2) is 5.66 Å². The van der Waals surface area contributed by atoms with E-state index >= 15 is 0 Å². The van der Waals surface area contributed by atoms with E-state index in [1.807, 2.05) is 68.4 Å². The predicted octanol–water partition coefficient (Wildman–Crippen LogP) is 6.06. The van der Waals surface area contributed by atoms with E-state index in [-0.39, 0.29) is 5.66 Å². The fourth-order valence-electron chi connectivity index (χ4n) is 3.08. The van der Waals surface area contributed by atoms with E-state index in [2.05, 4.69) is 30.5 Å². The molecule has 0 spiro atoms. The molecule has 3 aromatic rings. The van der Waals surface area contributed by atoms with E-state index in [4.69, 9.17) is 0 Å². The standard InChI is InChI=1S/C22H21OP/c1-4-22(19-11-6-5-7-12-19)24(23,17(2)3)21-15-14-18-10-8-9-13-20(18)16-21/h5-17H,1H2,2-3H3/t24-/m0/s1. The Morgan fingerprint density at radius 3 is 2.17 bits per heavy atom. The molecule has 0 aromatic heterocycles. The molecule has 0 N–H and O–H groups in total. The van der Waals surface area contributed by atoms with Crippen LogP contribution in [0, 0.1) is 0 Å². The highest BCUT2D eigenvalue weighted by molar-refractivity contribution is 7.81. The SMILES string of the molecule is C=C=C(c1ccccc1)[P@@](=O)(c1ccc2ccccc2c1)C(C)C. The average molecular weight is 332 g/mol. The van der Waals surface area contributed by atoms with Crippen LogP contribution in [0.1, 0.15) is 19.4 Å². The largest absolute Gasteiger partial charge is 0.313 e. The quantitative estimate of drug-likeness (QED) is 0.419. The number of benzene rings is 3. The highest BCUT2D eigenvalue weighted by Crippen LogP contribution is 2.60. The van der Waals surface area contributed by atoms with Gasteiger partial charge in [0.15, 0.2) is 7.14 Å². The first-order chi connectivity index (χ1) is 11.6. The van der Waals surface area contributed by atoms with E-state index in [9.17, 15) is 4.57 Å². The molecule has 3 rings (SSSR count). The molecule has 0 aliphatic carbocycles. The van der Waals surface area contributed by atoms with Gasteiger partial charge >= 0.3 is 0 Å². The minimum atomic E-state index is -2.84. The van der Waals surface area contributed by atoms with Crippen molar-refractivity contribution in [3.8, 4) is 0 Å². The Kier molecular flexibility index (Phi) is 4.58. The molecule has 0 saturated heterocycles. The molecule has 0 aliphatic rings. The second kappa shape index (κ2) is 6.65. The van der Waals surface area contributed by atoms with Gasteiger partial charge in [-0.2, -0.15) is 0 Å². The predicted molar refractivity (Wildman–Crippen MR) is 105 cm³/mol. The molecular weight excluding hydrogens is 311 g/mol. The monoisotopic (exact) mass is 332 g/mol. The lowest BCUT2D eigenvalue weighted by Gasteiger charge is -2.25. The number of rotatable bonds is 4. The lowest BCUT2D eigenvalue weighted by atomic mass is 10.1. The Labute approximate surface area is 143 Å². The van der Waals surface area contributed by atoms with E-state index in [1.165, 1.54) is 0 Å². The summed E-state index contributed by atoms with van der Waals surface area (Å²) in [6.45, 7) is 7.86. The van der Waals surface area contributed by atoms with Gasteiger partial charge in [-0.15, -0.1) is 5.73 Å². The second-order valence-corrected chi connectivity index (χ2v) is 9.49. The summed E-state index contributed by atoms with van der Waals surface area (Å²) in [5.74, 6) is 0. The maximum Gasteiger partial charge on any atom is 0.153 e. The third kappa shape index (κ3) is 2.78. The summed E-state index contributed by atoms with van der Waals surface area (Å²) in [7, 11) is -2.84. The van der Waals surface area contributed by atoms with Gasteiger partial charge < -0.3 is 4.57 Å². The summed E-state index contributed by atoms with van der Waals surface area (Å²) in [4.78, 5) is 0. The van der Waals surface area contributed by atoms with Crippen molar-refractivity contribution in [1.29, 1.82) is 0 Å². The van der Waals surface area contributed by atoms with Gasteiger partial charge in [0.1, 0.15) is 0 Å². The van der Waals surface area contributed by atoms with E-state index in [0.717, 1.165) is 21.6 Å². The van der Waals surface area contributed by atoms with Crippen molar-refractivity contribution in [2.75, 3.05) is 0 Å². The van der Waals surface area contributed by atoms with Gasteiger partial charge in [-0.25, -0.2) is 0 Å². The van der Waals surface area contributed by atoms with Gasteiger partial charge in [0, 0.05) is 11.0 Å². The summed E-state index contributed by atoms with van der Waals surface area (Å²) in [5, 5.41) is 3.84. The first-order valence-electron chi connectivity index (χ1n) is 8.12. The topological polar surface area (TPSA) is 17.1 Å². The van der Waals surface area contributed by atoms with E-state index in [0.29, 0.717) is 5.31 Å². The van der Waals surface area contributed by atoms with Crippen molar-refractivity contribution >= 4 is 28.5 Å². The van der Waals surface area contributed by atoms with Crippen LogP contribution in [0.4, 0.5) is 0 Å². The minimum absolute atomic E-state index is 0.0249. The molecule has 0 unspecified atom stereocenters. The van der Waals surface area contributed by atoms with Crippen LogP contribution in [0.15, 0.2) is 85.1 Å². The molecule has 0 radical (unpaired) electrons. The molecule has 0 saturated carbocycles. The minimum Gasteiger partial charge on any atom is -0.313 e. The zero-order valence-corrected chi connectivity index (χ0v) is 15.0. The second-order valence-electron chi connectivity index (χ2n) is 6.17. The van der Waals surface area contributed by atoms with Gasteiger partial charge in [-0.1, -0.05) is 87.2 Å². The smallest absolute Gasteiger partial charge is 0.153 e.